The maximum atomic E-state index is 13.3. The predicted octanol–water partition coefficient (Wildman–Crippen LogP) is 2.73. The number of amides is 2. The van der Waals surface area contributed by atoms with Crippen LogP contribution >= 0.6 is 0 Å². The second-order valence-electron chi connectivity index (χ2n) is 9.44. The van der Waals surface area contributed by atoms with Crippen LogP contribution in [0.2, 0.25) is 0 Å². The molecule has 3 N–H and O–H groups in total. The van der Waals surface area contributed by atoms with Crippen LogP contribution in [0.15, 0.2) is 29.1 Å². The number of nitrogens with one attached hydrogen (secondary N) is 3. The molecule has 2 unspecified atom stereocenters. The summed E-state index contributed by atoms with van der Waals surface area (Å²) in [5.41, 5.74) is 3.17. The number of aryl methyl sites for hydroxylation is 1. The van der Waals surface area contributed by atoms with Gasteiger partial charge in [0.15, 0.2) is 11.5 Å². The van der Waals surface area contributed by atoms with E-state index in [1.165, 1.54) is 27.2 Å². The number of ether oxygens (including phenoxy) is 4. The van der Waals surface area contributed by atoms with Crippen LogP contribution in [0.1, 0.15) is 50.3 Å². The molecular formula is C29H37N3O8. The molecule has 2 aromatic carbocycles. The summed E-state index contributed by atoms with van der Waals surface area (Å²) in [6.45, 7) is 3.34. The lowest BCUT2D eigenvalue weighted by atomic mass is 9.95. The molecule has 0 aromatic heterocycles. The van der Waals surface area contributed by atoms with Gasteiger partial charge in [-0.25, -0.2) is 4.79 Å². The van der Waals surface area contributed by atoms with Crippen molar-refractivity contribution in [1.82, 2.24) is 10.6 Å². The Labute approximate surface area is 233 Å². The van der Waals surface area contributed by atoms with E-state index in [9.17, 15) is 19.2 Å². The van der Waals surface area contributed by atoms with Crippen molar-refractivity contribution in [3.8, 4) is 28.4 Å². The number of fused-ring (bicyclic) bond motifs is 3. The molecule has 2 aromatic rings. The number of rotatable bonds is 11. The fraction of sp³-hybridized carbons (Fsp3) is 0.448. The highest BCUT2D eigenvalue weighted by Gasteiger charge is 2.29. The van der Waals surface area contributed by atoms with Crippen LogP contribution < -0.4 is 35.6 Å². The van der Waals surface area contributed by atoms with Gasteiger partial charge in [-0.3, -0.25) is 14.4 Å². The lowest BCUT2D eigenvalue weighted by Gasteiger charge is -2.19. The first-order chi connectivity index (χ1) is 19.1. The summed E-state index contributed by atoms with van der Waals surface area (Å²) in [6, 6.07) is 5.81. The average Bonchev–Trinajstić information content (AvgIpc) is 3.17. The Morgan fingerprint density at radius 2 is 1.75 bits per heavy atom. The lowest BCUT2D eigenvalue weighted by Crippen LogP contribution is -2.39. The van der Waals surface area contributed by atoms with E-state index < -0.39 is 18.1 Å². The molecule has 1 aliphatic carbocycles. The Bertz CT molecular complexity index is 1330. The minimum Gasteiger partial charge on any atom is -0.493 e. The zero-order valence-electron chi connectivity index (χ0n) is 23.8. The van der Waals surface area contributed by atoms with E-state index in [2.05, 4.69) is 20.7 Å². The van der Waals surface area contributed by atoms with Crippen molar-refractivity contribution >= 4 is 23.5 Å². The van der Waals surface area contributed by atoms with Crippen molar-refractivity contribution in [1.29, 1.82) is 0 Å². The number of esters is 1. The van der Waals surface area contributed by atoms with E-state index in [-0.39, 0.29) is 23.7 Å². The molecule has 216 valence electrons. The standard InChI is InChI=1S/C29H37N3O8/c1-16(29(36)40-6)31-25(35)8-7-13-30-22-12-10-19-20(15-23(22)34)21(32-17(2)33)11-9-18-14-24(37-3)27(38-4)28(39-5)26(18)19/h10,12,14-16,21H,7-9,11,13H2,1-6H3,(H,30,34)(H,31,35)(H,32,33). The molecule has 3 rings (SSSR count). The number of hydrogen-bond acceptors (Lipinski definition) is 9. The van der Waals surface area contributed by atoms with E-state index in [4.69, 9.17) is 14.2 Å². The van der Waals surface area contributed by atoms with Crippen molar-refractivity contribution in [3.05, 3.63) is 45.6 Å². The van der Waals surface area contributed by atoms with Crippen molar-refractivity contribution in [2.24, 2.45) is 0 Å². The predicted molar refractivity (Wildman–Crippen MR) is 150 cm³/mol. The van der Waals surface area contributed by atoms with Crippen LogP contribution in [0.25, 0.3) is 11.1 Å². The number of carbonyl (C=O) groups excluding carboxylic acids is 3. The molecule has 0 heterocycles. The van der Waals surface area contributed by atoms with Gasteiger partial charge in [0.1, 0.15) is 6.04 Å². The molecule has 0 radical (unpaired) electrons. The molecule has 11 nitrogen and oxygen atoms in total. The Balaban J connectivity index is 1.96. The van der Waals surface area contributed by atoms with Crippen LogP contribution in [0.5, 0.6) is 17.2 Å². The second-order valence-corrected chi connectivity index (χ2v) is 9.44. The zero-order chi connectivity index (χ0) is 29.4. The third kappa shape index (κ3) is 6.83. The molecule has 0 spiro atoms. The second kappa shape index (κ2) is 13.7. The highest BCUT2D eigenvalue weighted by atomic mass is 16.5. The van der Waals surface area contributed by atoms with Gasteiger partial charge in [0.05, 0.1) is 40.2 Å². The molecule has 11 heteroatoms. The smallest absolute Gasteiger partial charge is 0.328 e. The van der Waals surface area contributed by atoms with Gasteiger partial charge in [-0.2, -0.15) is 0 Å². The summed E-state index contributed by atoms with van der Waals surface area (Å²) in [5.74, 6) is 0.405. The van der Waals surface area contributed by atoms with Crippen LogP contribution in [-0.2, 0) is 25.5 Å². The third-order valence-electron chi connectivity index (χ3n) is 6.74. The molecule has 0 saturated carbocycles. The van der Waals surface area contributed by atoms with Crippen LogP contribution in [0.4, 0.5) is 5.69 Å². The normalized spacial score (nSPS) is 14.4. The van der Waals surface area contributed by atoms with E-state index in [0.717, 1.165) is 16.7 Å². The van der Waals surface area contributed by atoms with Crippen LogP contribution in [0, 0.1) is 0 Å². The summed E-state index contributed by atoms with van der Waals surface area (Å²) < 4.78 is 21.6. The number of methoxy groups -OCH3 is 4. The van der Waals surface area contributed by atoms with Crippen molar-refractivity contribution < 1.29 is 33.3 Å². The van der Waals surface area contributed by atoms with Crippen LogP contribution in [0.3, 0.4) is 0 Å². The van der Waals surface area contributed by atoms with Crippen molar-refractivity contribution in [2.45, 2.75) is 51.6 Å². The number of anilines is 1. The summed E-state index contributed by atoms with van der Waals surface area (Å²) in [5, 5.41) is 8.68. The topological polar surface area (TPSA) is 141 Å². The molecule has 2 atom stereocenters. The fourth-order valence-electron chi connectivity index (χ4n) is 4.88. The average molecular weight is 556 g/mol. The van der Waals surface area contributed by atoms with Gasteiger partial charge in [0.2, 0.25) is 23.0 Å². The molecule has 1 aliphatic rings. The first-order valence-corrected chi connectivity index (χ1v) is 13.0. The van der Waals surface area contributed by atoms with Crippen LogP contribution in [-0.4, -0.2) is 58.8 Å². The van der Waals surface area contributed by atoms with Crippen molar-refractivity contribution in [2.75, 3.05) is 40.3 Å². The minimum atomic E-state index is -0.739. The van der Waals surface area contributed by atoms with Crippen molar-refractivity contribution in [3.63, 3.8) is 0 Å². The van der Waals surface area contributed by atoms with E-state index in [0.29, 0.717) is 54.3 Å². The Kier molecular flexibility index (Phi) is 10.4. The SMILES string of the molecule is COC(=O)C(C)NC(=O)CCCNc1ccc2c(cc1=O)C(NC(C)=O)CCc1cc(OC)c(OC)c(OC)c1-2. The van der Waals surface area contributed by atoms with Gasteiger partial charge < -0.3 is 34.9 Å². The number of hydrogen-bond donors (Lipinski definition) is 3. The zero-order valence-corrected chi connectivity index (χ0v) is 23.8. The van der Waals surface area contributed by atoms with E-state index >= 15 is 0 Å². The minimum absolute atomic E-state index is 0.161. The quantitative estimate of drug-likeness (QED) is 0.282. The summed E-state index contributed by atoms with van der Waals surface area (Å²) >= 11 is 0. The van der Waals surface area contributed by atoms with Gasteiger partial charge >= 0.3 is 5.97 Å². The fourth-order valence-corrected chi connectivity index (χ4v) is 4.88. The van der Waals surface area contributed by atoms with Gasteiger partial charge in [-0.15, -0.1) is 0 Å². The first kappa shape index (κ1) is 30.3. The van der Waals surface area contributed by atoms with Gasteiger partial charge in [0, 0.05) is 25.5 Å². The lowest BCUT2D eigenvalue weighted by molar-refractivity contribution is -0.144. The molecule has 40 heavy (non-hydrogen) atoms. The maximum Gasteiger partial charge on any atom is 0.328 e. The largest absolute Gasteiger partial charge is 0.493 e. The maximum absolute atomic E-state index is 13.3. The molecule has 0 aliphatic heterocycles. The monoisotopic (exact) mass is 555 g/mol. The van der Waals surface area contributed by atoms with Gasteiger partial charge in [-0.05, 0) is 61.1 Å². The molecule has 2 amide bonds. The van der Waals surface area contributed by atoms with Gasteiger partial charge in [-0.1, -0.05) is 6.07 Å². The Hall–Kier alpha value is -4.28. The Morgan fingerprint density at radius 1 is 1.02 bits per heavy atom. The van der Waals surface area contributed by atoms with Gasteiger partial charge in [0.25, 0.3) is 0 Å². The summed E-state index contributed by atoms with van der Waals surface area (Å²) in [7, 11) is 5.89. The summed E-state index contributed by atoms with van der Waals surface area (Å²) in [4.78, 5) is 49.0. The Morgan fingerprint density at radius 3 is 2.38 bits per heavy atom. The highest BCUT2D eigenvalue weighted by molar-refractivity contribution is 5.85. The van der Waals surface area contributed by atoms with E-state index in [1.807, 2.05) is 12.1 Å². The van der Waals surface area contributed by atoms with E-state index in [1.54, 1.807) is 27.2 Å². The molecule has 0 saturated heterocycles. The third-order valence-corrected chi connectivity index (χ3v) is 6.74. The highest BCUT2D eigenvalue weighted by Crippen LogP contribution is 2.50. The number of benzene rings is 1. The molecular weight excluding hydrogens is 518 g/mol. The molecule has 0 bridgehead atoms. The molecule has 0 fully saturated rings. The number of carbonyl (C=O) groups is 3. The first-order valence-electron chi connectivity index (χ1n) is 13.0. The summed E-state index contributed by atoms with van der Waals surface area (Å²) in [6.07, 6.45) is 1.75.